The molecule has 0 saturated heterocycles. The first-order valence-corrected chi connectivity index (χ1v) is 7.70. The molecule has 1 heterocycles. The van der Waals surface area contributed by atoms with Crippen LogP contribution in [0, 0.1) is 19.7 Å². The second kappa shape index (κ2) is 6.66. The molecule has 0 fully saturated rings. The second-order valence-electron chi connectivity index (χ2n) is 5.65. The molecule has 0 aliphatic carbocycles. The van der Waals surface area contributed by atoms with Gasteiger partial charge in [0.05, 0.1) is 29.2 Å². The summed E-state index contributed by atoms with van der Waals surface area (Å²) < 4.78 is 15.0. The molecule has 1 aromatic heterocycles. The number of amides is 1. The third kappa shape index (κ3) is 3.35. The van der Waals surface area contributed by atoms with E-state index in [-0.39, 0.29) is 18.1 Å². The Morgan fingerprint density at radius 1 is 1.12 bits per heavy atom. The number of rotatable bonds is 4. The van der Waals surface area contributed by atoms with Crippen molar-refractivity contribution in [3.63, 3.8) is 0 Å². The molecule has 4 nitrogen and oxygen atoms in total. The van der Waals surface area contributed by atoms with Crippen molar-refractivity contribution in [1.82, 2.24) is 9.78 Å². The molecule has 0 aliphatic heterocycles. The number of aryl methyl sites for hydroxylation is 1. The van der Waals surface area contributed by atoms with Gasteiger partial charge in [0.2, 0.25) is 5.91 Å². The Hall–Kier alpha value is -2.95. The zero-order valence-corrected chi connectivity index (χ0v) is 13.6. The molecule has 0 spiro atoms. The summed E-state index contributed by atoms with van der Waals surface area (Å²) >= 11 is 0. The largest absolute Gasteiger partial charge is 0.323 e. The van der Waals surface area contributed by atoms with Crippen molar-refractivity contribution in [2.45, 2.75) is 20.3 Å². The van der Waals surface area contributed by atoms with Crippen LogP contribution < -0.4 is 5.32 Å². The topological polar surface area (TPSA) is 46.9 Å². The average molecular weight is 323 g/mol. The number of anilines is 1. The lowest BCUT2D eigenvalue weighted by atomic mass is 10.1. The fraction of sp³-hybridized carbons (Fsp3) is 0.158. The van der Waals surface area contributed by atoms with Crippen LogP contribution in [0.15, 0.2) is 54.6 Å². The van der Waals surface area contributed by atoms with E-state index < -0.39 is 0 Å². The SMILES string of the molecule is Cc1nn(-c2ccccc2)c(C)c1NC(=O)Cc1cccc(F)c1. The highest BCUT2D eigenvalue weighted by atomic mass is 19.1. The molecule has 2 aromatic carbocycles. The highest BCUT2D eigenvalue weighted by molar-refractivity contribution is 5.93. The molecule has 24 heavy (non-hydrogen) atoms. The van der Waals surface area contributed by atoms with Crippen LogP contribution in [0.4, 0.5) is 10.1 Å². The second-order valence-corrected chi connectivity index (χ2v) is 5.65. The summed E-state index contributed by atoms with van der Waals surface area (Å²) in [5.41, 5.74) is 3.86. The van der Waals surface area contributed by atoms with Gasteiger partial charge in [-0.25, -0.2) is 9.07 Å². The molecule has 1 amide bonds. The van der Waals surface area contributed by atoms with Crippen LogP contribution in [0.5, 0.6) is 0 Å². The van der Waals surface area contributed by atoms with Crippen molar-refractivity contribution in [3.8, 4) is 5.69 Å². The lowest BCUT2D eigenvalue weighted by molar-refractivity contribution is -0.115. The van der Waals surface area contributed by atoms with Gasteiger partial charge in [-0.2, -0.15) is 5.10 Å². The van der Waals surface area contributed by atoms with E-state index in [9.17, 15) is 9.18 Å². The lowest BCUT2D eigenvalue weighted by Gasteiger charge is -2.07. The predicted octanol–water partition coefficient (Wildman–Crippen LogP) is 3.81. The lowest BCUT2D eigenvalue weighted by Crippen LogP contribution is -2.15. The first kappa shape index (κ1) is 15.9. The molecule has 0 radical (unpaired) electrons. The summed E-state index contributed by atoms with van der Waals surface area (Å²) in [5.74, 6) is -0.538. The minimum atomic E-state index is -0.343. The molecule has 5 heteroatoms. The van der Waals surface area contributed by atoms with Gasteiger partial charge in [-0.05, 0) is 43.7 Å². The van der Waals surface area contributed by atoms with Gasteiger partial charge >= 0.3 is 0 Å². The van der Waals surface area contributed by atoms with Gasteiger partial charge < -0.3 is 5.32 Å². The number of aromatic nitrogens is 2. The van der Waals surface area contributed by atoms with E-state index in [4.69, 9.17) is 0 Å². The number of carbonyl (C=O) groups is 1. The van der Waals surface area contributed by atoms with Gasteiger partial charge in [0.1, 0.15) is 5.82 Å². The smallest absolute Gasteiger partial charge is 0.228 e. The number of para-hydroxylation sites is 1. The van der Waals surface area contributed by atoms with E-state index in [0.717, 1.165) is 17.1 Å². The Morgan fingerprint density at radius 3 is 2.58 bits per heavy atom. The van der Waals surface area contributed by atoms with Crippen LogP contribution in [0.1, 0.15) is 17.0 Å². The first-order valence-electron chi connectivity index (χ1n) is 7.70. The van der Waals surface area contributed by atoms with Gasteiger partial charge in [0.25, 0.3) is 0 Å². The minimum Gasteiger partial charge on any atom is -0.323 e. The fourth-order valence-electron chi connectivity index (χ4n) is 2.66. The number of benzene rings is 2. The molecule has 0 saturated carbocycles. The van der Waals surface area contributed by atoms with E-state index in [1.165, 1.54) is 12.1 Å². The third-order valence-electron chi connectivity index (χ3n) is 3.81. The summed E-state index contributed by atoms with van der Waals surface area (Å²) in [6.07, 6.45) is 0.118. The van der Waals surface area contributed by atoms with Gasteiger partial charge in [0.15, 0.2) is 0 Å². The summed E-state index contributed by atoms with van der Waals surface area (Å²) in [6.45, 7) is 3.76. The Labute approximate surface area is 139 Å². The van der Waals surface area contributed by atoms with Crippen molar-refractivity contribution < 1.29 is 9.18 Å². The zero-order chi connectivity index (χ0) is 17.1. The van der Waals surface area contributed by atoms with E-state index in [1.807, 2.05) is 44.2 Å². The number of nitrogens with zero attached hydrogens (tertiary/aromatic N) is 2. The number of carbonyl (C=O) groups excluding carboxylic acids is 1. The van der Waals surface area contributed by atoms with Crippen LogP contribution in [0.25, 0.3) is 5.69 Å². The number of hydrogen-bond acceptors (Lipinski definition) is 2. The maximum atomic E-state index is 13.2. The molecule has 0 atom stereocenters. The highest BCUT2D eigenvalue weighted by Crippen LogP contribution is 2.23. The molecule has 1 N–H and O–H groups in total. The Bertz CT molecular complexity index is 872. The zero-order valence-electron chi connectivity index (χ0n) is 13.6. The standard InChI is InChI=1S/C19H18FN3O/c1-13-19(14(2)23(22-13)17-9-4-3-5-10-17)21-18(24)12-15-7-6-8-16(20)11-15/h3-11H,12H2,1-2H3,(H,21,24). The molecule has 122 valence electrons. The summed E-state index contributed by atoms with van der Waals surface area (Å²) in [6, 6.07) is 15.8. The summed E-state index contributed by atoms with van der Waals surface area (Å²) in [5, 5.41) is 7.39. The fourth-order valence-corrected chi connectivity index (χ4v) is 2.66. The van der Waals surface area contributed by atoms with Gasteiger partial charge in [-0.3, -0.25) is 4.79 Å². The number of hydrogen-bond donors (Lipinski definition) is 1. The predicted molar refractivity (Wildman–Crippen MR) is 91.8 cm³/mol. The molecule has 0 bridgehead atoms. The first-order chi connectivity index (χ1) is 11.5. The highest BCUT2D eigenvalue weighted by Gasteiger charge is 2.15. The number of nitrogens with one attached hydrogen (secondary N) is 1. The Kier molecular flexibility index (Phi) is 4.42. The van der Waals surface area contributed by atoms with E-state index in [1.54, 1.807) is 16.8 Å². The normalized spacial score (nSPS) is 10.6. The summed E-state index contributed by atoms with van der Waals surface area (Å²) in [4.78, 5) is 12.3. The van der Waals surface area contributed by atoms with Crippen molar-refractivity contribution in [2.24, 2.45) is 0 Å². The maximum absolute atomic E-state index is 13.2. The van der Waals surface area contributed by atoms with E-state index in [0.29, 0.717) is 11.3 Å². The van der Waals surface area contributed by atoms with E-state index in [2.05, 4.69) is 10.4 Å². The molecule has 0 aliphatic rings. The minimum absolute atomic E-state index is 0.118. The molecule has 3 aromatic rings. The Morgan fingerprint density at radius 2 is 1.88 bits per heavy atom. The molecular formula is C19H18FN3O. The van der Waals surface area contributed by atoms with Crippen molar-refractivity contribution >= 4 is 11.6 Å². The molecule has 0 unspecified atom stereocenters. The van der Waals surface area contributed by atoms with Crippen molar-refractivity contribution in [1.29, 1.82) is 0 Å². The van der Waals surface area contributed by atoms with E-state index >= 15 is 0 Å². The Balaban J connectivity index is 1.80. The van der Waals surface area contributed by atoms with Crippen LogP contribution in [0.2, 0.25) is 0 Å². The molecular weight excluding hydrogens is 305 g/mol. The van der Waals surface area contributed by atoms with Crippen LogP contribution >= 0.6 is 0 Å². The molecule has 3 rings (SSSR count). The monoisotopic (exact) mass is 323 g/mol. The van der Waals surface area contributed by atoms with Crippen LogP contribution in [0.3, 0.4) is 0 Å². The quantitative estimate of drug-likeness (QED) is 0.793. The number of halogens is 1. The van der Waals surface area contributed by atoms with Gasteiger partial charge in [-0.15, -0.1) is 0 Å². The summed E-state index contributed by atoms with van der Waals surface area (Å²) in [7, 11) is 0. The third-order valence-corrected chi connectivity index (χ3v) is 3.81. The van der Waals surface area contributed by atoms with Gasteiger partial charge in [-0.1, -0.05) is 30.3 Å². The van der Waals surface area contributed by atoms with Crippen molar-refractivity contribution in [2.75, 3.05) is 5.32 Å². The van der Waals surface area contributed by atoms with Crippen LogP contribution in [-0.4, -0.2) is 15.7 Å². The average Bonchev–Trinajstić information content (AvgIpc) is 2.84. The van der Waals surface area contributed by atoms with Gasteiger partial charge in [0, 0.05) is 0 Å². The maximum Gasteiger partial charge on any atom is 0.228 e. The van der Waals surface area contributed by atoms with Crippen molar-refractivity contribution in [3.05, 3.63) is 77.4 Å². The van der Waals surface area contributed by atoms with Crippen LogP contribution in [-0.2, 0) is 11.2 Å².